The number of nitrogens with one attached hydrogen (secondary N) is 1. The Balaban J connectivity index is 1.98. The minimum Gasteiger partial charge on any atom is -0.304 e. The SMILES string of the molecule is Cc1nc(C)c(C(C)NCc2ccccn2)s1. The van der Waals surface area contributed by atoms with Crippen molar-refractivity contribution in [1.82, 2.24) is 15.3 Å². The Morgan fingerprint density at radius 3 is 2.76 bits per heavy atom. The van der Waals surface area contributed by atoms with Crippen LogP contribution in [0.15, 0.2) is 24.4 Å². The van der Waals surface area contributed by atoms with Crippen LogP contribution in [0.3, 0.4) is 0 Å². The summed E-state index contributed by atoms with van der Waals surface area (Å²) < 4.78 is 0. The molecule has 0 aromatic carbocycles. The number of aryl methyl sites for hydroxylation is 2. The molecule has 3 nitrogen and oxygen atoms in total. The van der Waals surface area contributed by atoms with E-state index in [4.69, 9.17) is 0 Å². The topological polar surface area (TPSA) is 37.8 Å². The van der Waals surface area contributed by atoms with Crippen molar-refractivity contribution in [3.63, 3.8) is 0 Å². The Bertz CT molecular complexity index is 479. The zero-order chi connectivity index (χ0) is 12.3. The van der Waals surface area contributed by atoms with E-state index in [1.807, 2.05) is 31.3 Å². The molecule has 0 saturated heterocycles. The standard InChI is InChI=1S/C13H17N3S/c1-9(13-10(2)16-11(3)17-13)15-8-12-6-4-5-7-14-12/h4-7,9,15H,8H2,1-3H3. The smallest absolute Gasteiger partial charge is 0.0900 e. The van der Waals surface area contributed by atoms with E-state index in [0.29, 0.717) is 6.04 Å². The molecule has 0 aliphatic heterocycles. The highest BCUT2D eigenvalue weighted by molar-refractivity contribution is 7.11. The van der Waals surface area contributed by atoms with E-state index < -0.39 is 0 Å². The third-order valence-electron chi connectivity index (χ3n) is 2.65. The molecule has 2 aromatic rings. The summed E-state index contributed by atoms with van der Waals surface area (Å²) in [6, 6.07) is 6.30. The van der Waals surface area contributed by atoms with Crippen LogP contribution >= 0.6 is 11.3 Å². The quantitative estimate of drug-likeness (QED) is 0.902. The Morgan fingerprint density at radius 1 is 1.35 bits per heavy atom. The number of pyridine rings is 1. The summed E-state index contributed by atoms with van der Waals surface area (Å²) >= 11 is 1.76. The first kappa shape index (κ1) is 12.2. The van der Waals surface area contributed by atoms with Gasteiger partial charge in [-0.05, 0) is 32.9 Å². The maximum atomic E-state index is 4.45. The van der Waals surface area contributed by atoms with Crippen LogP contribution in [0.2, 0.25) is 0 Å². The van der Waals surface area contributed by atoms with Crippen LogP contribution in [0.5, 0.6) is 0 Å². The Labute approximate surface area is 106 Å². The normalized spacial score (nSPS) is 12.6. The Hall–Kier alpha value is -1.26. The number of aromatic nitrogens is 2. The summed E-state index contributed by atoms with van der Waals surface area (Å²) in [7, 11) is 0. The van der Waals surface area contributed by atoms with E-state index in [-0.39, 0.29) is 0 Å². The molecule has 2 heterocycles. The average molecular weight is 247 g/mol. The molecule has 2 aromatic heterocycles. The summed E-state index contributed by atoms with van der Waals surface area (Å²) in [6.45, 7) is 7.08. The van der Waals surface area contributed by atoms with Gasteiger partial charge in [0.15, 0.2) is 0 Å². The van der Waals surface area contributed by atoms with Crippen LogP contribution in [0, 0.1) is 13.8 Å². The van der Waals surface area contributed by atoms with Gasteiger partial charge < -0.3 is 5.32 Å². The van der Waals surface area contributed by atoms with Gasteiger partial charge >= 0.3 is 0 Å². The van der Waals surface area contributed by atoms with Crippen LogP contribution in [0.1, 0.15) is 34.2 Å². The van der Waals surface area contributed by atoms with Crippen molar-refractivity contribution in [2.45, 2.75) is 33.4 Å². The molecule has 0 fully saturated rings. The van der Waals surface area contributed by atoms with Gasteiger partial charge in [0, 0.05) is 23.7 Å². The molecule has 1 N–H and O–H groups in total. The van der Waals surface area contributed by atoms with Gasteiger partial charge in [0.05, 0.1) is 16.4 Å². The zero-order valence-electron chi connectivity index (χ0n) is 10.4. The lowest BCUT2D eigenvalue weighted by Gasteiger charge is -2.12. The molecule has 1 atom stereocenters. The lowest BCUT2D eigenvalue weighted by molar-refractivity contribution is 0.572. The molecule has 1 unspecified atom stereocenters. The largest absolute Gasteiger partial charge is 0.304 e. The van der Waals surface area contributed by atoms with Crippen molar-refractivity contribution < 1.29 is 0 Å². The van der Waals surface area contributed by atoms with Gasteiger partial charge in [-0.25, -0.2) is 4.98 Å². The van der Waals surface area contributed by atoms with Crippen molar-refractivity contribution in [3.05, 3.63) is 45.7 Å². The number of nitrogens with zero attached hydrogens (tertiary/aromatic N) is 2. The summed E-state index contributed by atoms with van der Waals surface area (Å²) in [5.41, 5.74) is 2.20. The molecule has 4 heteroatoms. The summed E-state index contributed by atoms with van der Waals surface area (Å²) in [5, 5.41) is 4.61. The monoisotopic (exact) mass is 247 g/mol. The second-order valence-electron chi connectivity index (χ2n) is 4.11. The molecule has 2 rings (SSSR count). The van der Waals surface area contributed by atoms with Crippen molar-refractivity contribution >= 4 is 11.3 Å². The fraction of sp³-hybridized carbons (Fsp3) is 0.385. The van der Waals surface area contributed by atoms with E-state index in [1.54, 1.807) is 11.3 Å². The number of hydrogen-bond acceptors (Lipinski definition) is 4. The molecule has 0 radical (unpaired) electrons. The molecule has 0 amide bonds. The van der Waals surface area contributed by atoms with Crippen LogP contribution in [-0.4, -0.2) is 9.97 Å². The molecule has 0 aliphatic carbocycles. The maximum absolute atomic E-state index is 4.45. The molecule has 17 heavy (non-hydrogen) atoms. The van der Waals surface area contributed by atoms with Crippen molar-refractivity contribution in [2.24, 2.45) is 0 Å². The number of thiazole rings is 1. The minimum absolute atomic E-state index is 0.322. The lowest BCUT2D eigenvalue weighted by atomic mass is 10.2. The van der Waals surface area contributed by atoms with Crippen LogP contribution in [0.4, 0.5) is 0 Å². The fourth-order valence-corrected chi connectivity index (χ4v) is 2.76. The van der Waals surface area contributed by atoms with Crippen LogP contribution < -0.4 is 5.32 Å². The highest BCUT2D eigenvalue weighted by atomic mass is 32.1. The fourth-order valence-electron chi connectivity index (χ4n) is 1.80. The minimum atomic E-state index is 0.322. The highest BCUT2D eigenvalue weighted by Crippen LogP contribution is 2.24. The average Bonchev–Trinajstić information content (AvgIpc) is 2.67. The van der Waals surface area contributed by atoms with Gasteiger partial charge in [-0.2, -0.15) is 0 Å². The first-order valence-corrected chi connectivity index (χ1v) is 6.55. The van der Waals surface area contributed by atoms with Gasteiger partial charge in [-0.3, -0.25) is 4.98 Å². The van der Waals surface area contributed by atoms with E-state index in [2.05, 4.69) is 29.1 Å². The highest BCUT2D eigenvalue weighted by Gasteiger charge is 2.12. The first-order valence-electron chi connectivity index (χ1n) is 5.74. The van der Waals surface area contributed by atoms with Crippen molar-refractivity contribution in [2.75, 3.05) is 0 Å². The van der Waals surface area contributed by atoms with Crippen LogP contribution in [0.25, 0.3) is 0 Å². The molecule has 90 valence electrons. The lowest BCUT2D eigenvalue weighted by Crippen LogP contribution is -2.18. The van der Waals surface area contributed by atoms with Crippen LogP contribution in [-0.2, 0) is 6.54 Å². The van der Waals surface area contributed by atoms with Gasteiger partial charge in [-0.15, -0.1) is 11.3 Å². The number of hydrogen-bond donors (Lipinski definition) is 1. The molecule has 0 bridgehead atoms. The molecule has 0 saturated carbocycles. The van der Waals surface area contributed by atoms with Gasteiger partial charge in [0.1, 0.15) is 0 Å². The summed E-state index contributed by atoms with van der Waals surface area (Å²) in [4.78, 5) is 10.1. The van der Waals surface area contributed by atoms with E-state index in [1.165, 1.54) is 4.88 Å². The van der Waals surface area contributed by atoms with Crippen molar-refractivity contribution in [1.29, 1.82) is 0 Å². The Kier molecular flexibility index (Phi) is 3.86. The molecule has 0 spiro atoms. The third-order valence-corrected chi connectivity index (χ3v) is 3.90. The second kappa shape index (κ2) is 5.38. The van der Waals surface area contributed by atoms with Crippen molar-refractivity contribution in [3.8, 4) is 0 Å². The van der Waals surface area contributed by atoms with Gasteiger partial charge in [0.2, 0.25) is 0 Å². The van der Waals surface area contributed by atoms with E-state index in [0.717, 1.165) is 22.9 Å². The molecule has 0 aliphatic rings. The predicted octanol–water partition coefficient (Wildman–Crippen LogP) is 3.01. The number of rotatable bonds is 4. The maximum Gasteiger partial charge on any atom is 0.0900 e. The zero-order valence-corrected chi connectivity index (χ0v) is 11.2. The van der Waals surface area contributed by atoms with E-state index >= 15 is 0 Å². The van der Waals surface area contributed by atoms with Gasteiger partial charge in [0.25, 0.3) is 0 Å². The van der Waals surface area contributed by atoms with Gasteiger partial charge in [-0.1, -0.05) is 6.07 Å². The molecular formula is C13H17N3S. The third kappa shape index (κ3) is 3.11. The molecular weight excluding hydrogens is 230 g/mol. The summed E-state index contributed by atoms with van der Waals surface area (Å²) in [6.07, 6.45) is 1.82. The summed E-state index contributed by atoms with van der Waals surface area (Å²) in [5.74, 6) is 0. The first-order chi connectivity index (χ1) is 8.16. The second-order valence-corrected chi connectivity index (χ2v) is 5.34. The Morgan fingerprint density at radius 2 is 2.18 bits per heavy atom. The predicted molar refractivity (Wildman–Crippen MR) is 71.1 cm³/mol. The van der Waals surface area contributed by atoms with E-state index in [9.17, 15) is 0 Å².